The van der Waals surface area contributed by atoms with E-state index in [1.807, 2.05) is 23.7 Å². The first-order chi connectivity index (χ1) is 9.63. The van der Waals surface area contributed by atoms with Crippen LogP contribution in [0.15, 0.2) is 28.7 Å². The van der Waals surface area contributed by atoms with Gasteiger partial charge < -0.3 is 10.5 Å². The van der Waals surface area contributed by atoms with Gasteiger partial charge in [0.05, 0.1) is 11.4 Å². The summed E-state index contributed by atoms with van der Waals surface area (Å²) in [5.74, 6) is 0.889. The van der Waals surface area contributed by atoms with Crippen LogP contribution in [-0.2, 0) is 19.6 Å². The highest BCUT2D eigenvalue weighted by atomic mass is 79.9. The lowest BCUT2D eigenvalue weighted by atomic mass is 10.1. The van der Waals surface area contributed by atoms with Crippen molar-refractivity contribution in [3.05, 3.63) is 45.7 Å². The van der Waals surface area contributed by atoms with Gasteiger partial charge in [0.25, 0.3) is 0 Å². The normalized spacial score (nSPS) is 10.8. The highest BCUT2D eigenvalue weighted by molar-refractivity contribution is 9.10. The van der Waals surface area contributed by atoms with E-state index in [1.54, 1.807) is 0 Å². The fourth-order valence-corrected chi connectivity index (χ4v) is 2.59. The summed E-state index contributed by atoms with van der Waals surface area (Å²) in [6, 6.07) is 8.09. The van der Waals surface area contributed by atoms with Crippen molar-refractivity contribution in [2.24, 2.45) is 5.73 Å². The fraction of sp³-hybridized carbons (Fsp3) is 0.400. The lowest BCUT2D eigenvalue weighted by Crippen LogP contribution is -2.08. The Kier molecular flexibility index (Phi) is 5.20. The molecular weight excluding hydrogens is 318 g/mol. The summed E-state index contributed by atoms with van der Waals surface area (Å²) >= 11 is 3.48. The van der Waals surface area contributed by atoms with Gasteiger partial charge in [-0.1, -0.05) is 15.9 Å². The van der Waals surface area contributed by atoms with Gasteiger partial charge in [-0.15, -0.1) is 0 Å². The molecule has 0 aliphatic heterocycles. The molecule has 1 aromatic carbocycles. The minimum atomic E-state index is 0.522. The molecule has 0 bridgehead atoms. The van der Waals surface area contributed by atoms with E-state index in [2.05, 4.69) is 40.1 Å². The first-order valence-electron chi connectivity index (χ1n) is 6.78. The second-order valence-electron chi connectivity index (χ2n) is 4.67. The van der Waals surface area contributed by atoms with Gasteiger partial charge >= 0.3 is 0 Å². The highest BCUT2D eigenvalue weighted by Crippen LogP contribution is 2.24. The zero-order chi connectivity index (χ0) is 14.5. The largest absolute Gasteiger partial charge is 0.487 e. The van der Waals surface area contributed by atoms with E-state index in [9.17, 15) is 0 Å². The molecule has 2 aromatic rings. The summed E-state index contributed by atoms with van der Waals surface area (Å²) in [7, 11) is 0. The lowest BCUT2D eigenvalue weighted by molar-refractivity contribution is 0.289. The molecule has 2 rings (SSSR count). The van der Waals surface area contributed by atoms with Crippen molar-refractivity contribution in [1.29, 1.82) is 0 Å². The molecule has 0 saturated carbocycles. The van der Waals surface area contributed by atoms with E-state index in [-0.39, 0.29) is 0 Å². The quantitative estimate of drug-likeness (QED) is 0.881. The van der Waals surface area contributed by atoms with Crippen LogP contribution in [0.5, 0.6) is 5.75 Å². The van der Waals surface area contributed by atoms with Gasteiger partial charge in [-0.25, -0.2) is 0 Å². The first-order valence-corrected chi connectivity index (χ1v) is 7.58. The van der Waals surface area contributed by atoms with Crippen LogP contribution in [0.2, 0.25) is 0 Å². The molecule has 0 aliphatic rings. The zero-order valence-electron chi connectivity index (χ0n) is 11.9. The third-order valence-corrected chi connectivity index (χ3v) is 3.59. The maximum atomic E-state index is 5.95. The van der Waals surface area contributed by atoms with Gasteiger partial charge in [0.15, 0.2) is 0 Å². The summed E-state index contributed by atoms with van der Waals surface area (Å²) in [6.07, 6.45) is 0.806. The molecule has 0 unspecified atom stereocenters. The Morgan fingerprint density at radius 2 is 2.15 bits per heavy atom. The maximum Gasteiger partial charge on any atom is 0.130 e. The van der Waals surface area contributed by atoms with E-state index in [0.717, 1.165) is 40.1 Å². The van der Waals surface area contributed by atoms with Crippen molar-refractivity contribution >= 4 is 15.9 Å². The highest BCUT2D eigenvalue weighted by Gasteiger charge is 2.08. The van der Waals surface area contributed by atoms with Gasteiger partial charge in [0.1, 0.15) is 12.4 Å². The molecule has 0 spiro atoms. The monoisotopic (exact) mass is 337 g/mol. The van der Waals surface area contributed by atoms with Gasteiger partial charge in [-0.2, -0.15) is 5.10 Å². The summed E-state index contributed by atoms with van der Waals surface area (Å²) in [5.41, 5.74) is 8.88. The van der Waals surface area contributed by atoms with Crippen molar-refractivity contribution in [2.75, 3.05) is 6.54 Å². The third kappa shape index (κ3) is 3.61. The predicted molar refractivity (Wildman–Crippen MR) is 83.9 cm³/mol. The lowest BCUT2D eigenvalue weighted by Gasteiger charge is -2.12. The average molecular weight is 338 g/mol. The number of halogens is 1. The number of nitrogens with two attached hydrogens (primary N) is 1. The van der Waals surface area contributed by atoms with Crippen LogP contribution in [-0.4, -0.2) is 16.3 Å². The summed E-state index contributed by atoms with van der Waals surface area (Å²) in [4.78, 5) is 0. The summed E-state index contributed by atoms with van der Waals surface area (Å²) in [6.45, 7) is 6.06. The molecule has 0 atom stereocenters. The van der Waals surface area contributed by atoms with E-state index >= 15 is 0 Å². The third-order valence-electron chi connectivity index (χ3n) is 3.10. The molecule has 4 nitrogen and oxygen atoms in total. The number of rotatable bonds is 6. The van der Waals surface area contributed by atoms with Crippen molar-refractivity contribution in [1.82, 2.24) is 9.78 Å². The minimum Gasteiger partial charge on any atom is -0.487 e. The van der Waals surface area contributed by atoms with Crippen LogP contribution in [0.3, 0.4) is 0 Å². The Balaban J connectivity index is 2.13. The molecule has 1 aromatic heterocycles. The van der Waals surface area contributed by atoms with Crippen molar-refractivity contribution in [3.8, 4) is 5.75 Å². The standard InChI is InChI=1S/C15H20BrN3O/c1-3-19-14(8-11(2)18-19)10-20-15-5-4-13(16)9-12(15)6-7-17/h4-5,8-9H,3,6-7,10,17H2,1-2H3. The molecule has 5 heteroatoms. The number of aromatic nitrogens is 2. The number of aryl methyl sites for hydroxylation is 2. The predicted octanol–water partition coefficient (Wildman–Crippen LogP) is 3.05. The van der Waals surface area contributed by atoms with Crippen molar-refractivity contribution in [2.45, 2.75) is 33.4 Å². The molecule has 0 aliphatic carbocycles. The van der Waals surface area contributed by atoms with Gasteiger partial charge in [0.2, 0.25) is 0 Å². The molecule has 1 heterocycles. The van der Waals surface area contributed by atoms with Crippen molar-refractivity contribution < 1.29 is 4.74 Å². The van der Waals surface area contributed by atoms with Crippen LogP contribution >= 0.6 is 15.9 Å². The van der Waals surface area contributed by atoms with Crippen LogP contribution in [0.1, 0.15) is 23.9 Å². The molecule has 20 heavy (non-hydrogen) atoms. The average Bonchev–Trinajstić information content (AvgIpc) is 2.78. The minimum absolute atomic E-state index is 0.522. The smallest absolute Gasteiger partial charge is 0.130 e. The van der Waals surface area contributed by atoms with Gasteiger partial charge in [-0.3, -0.25) is 4.68 Å². The molecule has 0 saturated heterocycles. The van der Waals surface area contributed by atoms with Crippen LogP contribution in [0.25, 0.3) is 0 Å². The maximum absolute atomic E-state index is 5.95. The van der Waals surface area contributed by atoms with E-state index in [0.29, 0.717) is 13.2 Å². The van der Waals surface area contributed by atoms with Gasteiger partial charge in [0, 0.05) is 11.0 Å². The Hall–Kier alpha value is -1.33. The molecule has 0 fully saturated rings. The topological polar surface area (TPSA) is 53.1 Å². The van der Waals surface area contributed by atoms with Crippen molar-refractivity contribution in [3.63, 3.8) is 0 Å². The second kappa shape index (κ2) is 6.90. The first kappa shape index (κ1) is 15.1. The Morgan fingerprint density at radius 3 is 2.85 bits per heavy atom. The van der Waals surface area contributed by atoms with Crippen LogP contribution < -0.4 is 10.5 Å². The Labute approximate surface area is 128 Å². The van der Waals surface area contributed by atoms with Gasteiger partial charge in [-0.05, 0) is 56.6 Å². The number of hydrogen-bond acceptors (Lipinski definition) is 3. The van der Waals surface area contributed by atoms with Crippen LogP contribution in [0, 0.1) is 6.92 Å². The molecular formula is C15H20BrN3O. The fourth-order valence-electron chi connectivity index (χ4n) is 2.18. The molecule has 2 N–H and O–H groups in total. The molecule has 0 amide bonds. The van der Waals surface area contributed by atoms with E-state index in [1.165, 1.54) is 0 Å². The SMILES string of the molecule is CCn1nc(C)cc1COc1ccc(Br)cc1CCN. The molecule has 108 valence electrons. The number of benzene rings is 1. The zero-order valence-corrected chi connectivity index (χ0v) is 13.5. The Bertz CT molecular complexity index is 580. The Morgan fingerprint density at radius 1 is 1.35 bits per heavy atom. The van der Waals surface area contributed by atoms with E-state index < -0.39 is 0 Å². The van der Waals surface area contributed by atoms with E-state index in [4.69, 9.17) is 10.5 Å². The summed E-state index contributed by atoms with van der Waals surface area (Å²) in [5, 5.41) is 4.42. The molecule has 0 radical (unpaired) electrons. The number of nitrogens with zero attached hydrogens (tertiary/aromatic N) is 2. The summed E-state index contributed by atoms with van der Waals surface area (Å²) < 4.78 is 8.96. The number of hydrogen-bond donors (Lipinski definition) is 1. The van der Waals surface area contributed by atoms with Crippen LogP contribution in [0.4, 0.5) is 0 Å². The number of ether oxygens (including phenoxy) is 1. The second-order valence-corrected chi connectivity index (χ2v) is 5.59.